The summed E-state index contributed by atoms with van der Waals surface area (Å²) in [5, 5.41) is 0. The standard InChI is InChI=1S/C20H32N2O3S/c1-5-17-11-9-10-16(3)20(17)22(26(4,24)25)15-13-19(23)21-14-8-7-12-18(21)6-2/h9-11,18H,5-8,12-15H2,1-4H3. The fourth-order valence-corrected chi connectivity index (χ4v) is 4.92. The van der Waals surface area contributed by atoms with Gasteiger partial charge in [-0.05, 0) is 50.2 Å². The lowest BCUT2D eigenvalue weighted by atomic mass is 9.99. The molecule has 1 heterocycles. The van der Waals surface area contributed by atoms with Crippen molar-refractivity contribution < 1.29 is 13.2 Å². The maximum Gasteiger partial charge on any atom is 0.232 e. The van der Waals surface area contributed by atoms with Gasteiger partial charge >= 0.3 is 0 Å². The lowest BCUT2D eigenvalue weighted by Gasteiger charge is -2.36. The Kier molecular flexibility index (Phi) is 7.09. The SMILES string of the molecule is CCc1cccc(C)c1N(CCC(=O)N1CCCCC1CC)S(C)(=O)=O. The minimum absolute atomic E-state index is 0.0665. The number of carbonyl (C=O) groups is 1. The van der Waals surface area contributed by atoms with Gasteiger partial charge in [-0.1, -0.05) is 32.0 Å². The van der Waals surface area contributed by atoms with Crippen molar-refractivity contribution in [1.29, 1.82) is 0 Å². The number of hydrogen-bond donors (Lipinski definition) is 0. The van der Waals surface area contributed by atoms with Crippen LogP contribution in [0.2, 0.25) is 0 Å². The van der Waals surface area contributed by atoms with E-state index < -0.39 is 10.0 Å². The van der Waals surface area contributed by atoms with E-state index in [0.717, 1.165) is 49.0 Å². The molecule has 0 radical (unpaired) electrons. The molecule has 1 aromatic rings. The normalized spacial score (nSPS) is 18.0. The molecule has 1 amide bonds. The van der Waals surface area contributed by atoms with Crippen molar-refractivity contribution in [3.05, 3.63) is 29.3 Å². The molecule has 1 fully saturated rings. The molecule has 1 saturated heterocycles. The molecule has 146 valence electrons. The van der Waals surface area contributed by atoms with Crippen LogP contribution in [-0.4, -0.2) is 44.6 Å². The molecule has 0 aromatic heterocycles. The van der Waals surface area contributed by atoms with Gasteiger partial charge in [-0.3, -0.25) is 9.10 Å². The highest BCUT2D eigenvalue weighted by Crippen LogP contribution is 2.28. The van der Waals surface area contributed by atoms with Gasteiger partial charge in [0.25, 0.3) is 0 Å². The predicted octanol–water partition coefficient (Wildman–Crippen LogP) is 3.50. The van der Waals surface area contributed by atoms with Crippen molar-refractivity contribution in [3.8, 4) is 0 Å². The lowest BCUT2D eigenvalue weighted by molar-refractivity contribution is -0.134. The average molecular weight is 381 g/mol. The molecule has 6 heteroatoms. The molecule has 1 aliphatic heterocycles. The predicted molar refractivity (Wildman–Crippen MR) is 107 cm³/mol. The third-order valence-electron chi connectivity index (χ3n) is 5.30. The Morgan fingerprint density at radius 2 is 2.00 bits per heavy atom. The van der Waals surface area contributed by atoms with Gasteiger partial charge in [-0.25, -0.2) is 8.42 Å². The fraction of sp³-hybridized carbons (Fsp3) is 0.650. The zero-order chi connectivity index (χ0) is 19.3. The van der Waals surface area contributed by atoms with Crippen molar-refractivity contribution in [2.24, 2.45) is 0 Å². The highest BCUT2D eigenvalue weighted by molar-refractivity contribution is 7.92. The van der Waals surface area contributed by atoms with E-state index in [4.69, 9.17) is 0 Å². The number of aryl methyl sites for hydroxylation is 2. The Morgan fingerprint density at radius 3 is 2.62 bits per heavy atom. The number of piperidine rings is 1. The topological polar surface area (TPSA) is 57.7 Å². The van der Waals surface area contributed by atoms with E-state index >= 15 is 0 Å². The van der Waals surface area contributed by atoms with Gasteiger partial charge in [0, 0.05) is 25.6 Å². The number of carbonyl (C=O) groups excluding carboxylic acids is 1. The number of likely N-dealkylation sites (tertiary alicyclic amines) is 1. The Hall–Kier alpha value is -1.56. The second kappa shape index (κ2) is 8.89. The van der Waals surface area contributed by atoms with E-state index in [2.05, 4.69) is 6.92 Å². The van der Waals surface area contributed by atoms with Gasteiger partial charge in [-0.2, -0.15) is 0 Å². The van der Waals surface area contributed by atoms with Crippen molar-refractivity contribution in [2.45, 2.75) is 65.3 Å². The quantitative estimate of drug-likeness (QED) is 0.727. The number of amides is 1. The molecule has 5 nitrogen and oxygen atoms in total. The summed E-state index contributed by atoms with van der Waals surface area (Å²) in [7, 11) is -3.46. The molecule has 0 saturated carbocycles. The summed E-state index contributed by atoms with van der Waals surface area (Å²) >= 11 is 0. The fourth-order valence-electron chi connectivity index (χ4n) is 3.90. The van der Waals surface area contributed by atoms with Crippen molar-refractivity contribution in [2.75, 3.05) is 23.7 Å². The van der Waals surface area contributed by atoms with Crippen LogP contribution >= 0.6 is 0 Å². The van der Waals surface area contributed by atoms with Gasteiger partial charge in [0.15, 0.2) is 0 Å². The summed E-state index contributed by atoms with van der Waals surface area (Å²) in [5.74, 6) is 0.0665. The van der Waals surface area contributed by atoms with Crippen LogP contribution in [-0.2, 0) is 21.2 Å². The molecule has 0 aliphatic carbocycles. The summed E-state index contributed by atoms with van der Waals surface area (Å²) in [6.07, 6.45) is 6.41. The molecule has 1 unspecified atom stereocenters. The summed E-state index contributed by atoms with van der Waals surface area (Å²) in [5.41, 5.74) is 2.65. The number of hydrogen-bond acceptors (Lipinski definition) is 3. The number of sulfonamides is 1. The van der Waals surface area contributed by atoms with Crippen molar-refractivity contribution in [1.82, 2.24) is 4.90 Å². The van der Waals surface area contributed by atoms with Gasteiger partial charge in [-0.15, -0.1) is 0 Å². The Labute approximate surface area is 158 Å². The largest absolute Gasteiger partial charge is 0.340 e. The first kappa shape index (κ1) is 20.7. The number of para-hydroxylation sites is 1. The highest BCUT2D eigenvalue weighted by Gasteiger charge is 2.27. The van der Waals surface area contributed by atoms with E-state index in [-0.39, 0.29) is 18.9 Å². The van der Waals surface area contributed by atoms with E-state index in [1.165, 1.54) is 17.0 Å². The van der Waals surface area contributed by atoms with E-state index in [0.29, 0.717) is 6.04 Å². The van der Waals surface area contributed by atoms with Gasteiger partial charge in [0.1, 0.15) is 0 Å². The molecule has 26 heavy (non-hydrogen) atoms. The maximum absolute atomic E-state index is 12.8. The monoisotopic (exact) mass is 380 g/mol. The maximum atomic E-state index is 12.8. The number of anilines is 1. The molecule has 0 N–H and O–H groups in total. The lowest BCUT2D eigenvalue weighted by Crippen LogP contribution is -2.45. The molecular formula is C20H32N2O3S. The van der Waals surface area contributed by atoms with Crippen LogP contribution in [0, 0.1) is 6.92 Å². The first-order valence-electron chi connectivity index (χ1n) is 9.65. The van der Waals surface area contributed by atoms with E-state index in [1.807, 2.05) is 36.9 Å². The zero-order valence-corrected chi connectivity index (χ0v) is 17.3. The van der Waals surface area contributed by atoms with Crippen molar-refractivity contribution in [3.63, 3.8) is 0 Å². The minimum atomic E-state index is -3.46. The molecule has 1 atom stereocenters. The molecule has 1 aromatic carbocycles. The second-order valence-corrected chi connectivity index (χ2v) is 9.07. The number of nitrogens with zero attached hydrogens (tertiary/aromatic N) is 2. The second-order valence-electron chi connectivity index (χ2n) is 7.17. The van der Waals surface area contributed by atoms with E-state index in [9.17, 15) is 13.2 Å². The van der Waals surface area contributed by atoms with Crippen molar-refractivity contribution >= 4 is 21.6 Å². The van der Waals surface area contributed by atoms with Crippen LogP contribution in [0.4, 0.5) is 5.69 Å². The molecule has 1 aliphatic rings. The first-order chi connectivity index (χ1) is 12.3. The molecule has 0 bridgehead atoms. The average Bonchev–Trinajstić information content (AvgIpc) is 2.61. The summed E-state index contributed by atoms with van der Waals surface area (Å²) in [6, 6.07) is 6.13. The third kappa shape index (κ3) is 4.78. The van der Waals surface area contributed by atoms with Crippen LogP contribution in [0.1, 0.15) is 57.1 Å². The Morgan fingerprint density at radius 1 is 1.27 bits per heavy atom. The summed E-state index contributed by atoms with van der Waals surface area (Å²) in [6.45, 7) is 7.04. The smallest absolute Gasteiger partial charge is 0.232 e. The van der Waals surface area contributed by atoms with Gasteiger partial charge in [0.05, 0.1) is 11.9 Å². The third-order valence-corrected chi connectivity index (χ3v) is 6.47. The van der Waals surface area contributed by atoms with Gasteiger partial charge < -0.3 is 4.90 Å². The first-order valence-corrected chi connectivity index (χ1v) is 11.5. The van der Waals surface area contributed by atoms with Crippen LogP contribution < -0.4 is 4.31 Å². The summed E-state index contributed by atoms with van der Waals surface area (Å²) in [4.78, 5) is 14.7. The minimum Gasteiger partial charge on any atom is -0.340 e. The van der Waals surface area contributed by atoms with Gasteiger partial charge in [0.2, 0.25) is 15.9 Å². The van der Waals surface area contributed by atoms with Crippen LogP contribution in [0.25, 0.3) is 0 Å². The molecular weight excluding hydrogens is 348 g/mol. The molecule has 2 rings (SSSR count). The summed E-state index contributed by atoms with van der Waals surface area (Å²) < 4.78 is 26.3. The number of rotatable bonds is 7. The Bertz CT molecular complexity index is 731. The molecule has 0 spiro atoms. The number of benzene rings is 1. The zero-order valence-electron chi connectivity index (χ0n) is 16.5. The van der Waals surface area contributed by atoms with Crippen LogP contribution in [0.5, 0.6) is 0 Å². The Balaban J connectivity index is 2.21. The van der Waals surface area contributed by atoms with Crippen LogP contribution in [0.3, 0.4) is 0 Å². The highest BCUT2D eigenvalue weighted by atomic mass is 32.2. The van der Waals surface area contributed by atoms with Crippen LogP contribution in [0.15, 0.2) is 18.2 Å². The van der Waals surface area contributed by atoms with E-state index in [1.54, 1.807) is 0 Å².